The average Bonchev–Trinajstić information content (AvgIpc) is 3.39. The Hall–Kier alpha value is -2.19. The quantitative estimate of drug-likeness (QED) is 0.706. The molecule has 0 bridgehead atoms. The molecule has 0 fully saturated rings. The third-order valence-corrected chi connectivity index (χ3v) is 6.22. The summed E-state index contributed by atoms with van der Waals surface area (Å²) in [6.45, 7) is 0.618. The molecular weight excluding hydrogens is 364 g/mol. The summed E-state index contributed by atoms with van der Waals surface area (Å²) in [5.41, 5.74) is 6.10. The van der Waals surface area contributed by atoms with Gasteiger partial charge in [0.15, 0.2) is 16.0 Å². The molecule has 2 aromatic rings. The first kappa shape index (κ1) is 18.2. The lowest BCUT2D eigenvalue weighted by Crippen LogP contribution is -2.31. The van der Waals surface area contributed by atoms with Gasteiger partial charge < -0.3 is 10.4 Å². The Labute approximate surface area is 160 Å². The van der Waals surface area contributed by atoms with E-state index >= 15 is 0 Å². The second-order valence-electron chi connectivity index (χ2n) is 7.05. The van der Waals surface area contributed by atoms with E-state index in [2.05, 4.69) is 21.2 Å². The molecule has 0 radical (unpaired) electrons. The first-order valence-corrected chi connectivity index (χ1v) is 10.6. The van der Waals surface area contributed by atoms with E-state index in [4.69, 9.17) is 5.11 Å². The highest BCUT2D eigenvalue weighted by atomic mass is 32.2. The molecule has 0 saturated heterocycles. The van der Waals surface area contributed by atoms with Gasteiger partial charge in [-0.1, -0.05) is 6.07 Å². The lowest BCUT2D eigenvalue weighted by Gasteiger charge is -2.16. The van der Waals surface area contributed by atoms with Gasteiger partial charge in [0.2, 0.25) is 0 Å². The number of rotatable bonds is 6. The van der Waals surface area contributed by atoms with E-state index in [1.54, 1.807) is 16.9 Å². The fourth-order valence-corrected chi connectivity index (χ4v) is 4.73. The fraction of sp³-hybridized carbons (Fsp3) is 0.474. The molecular formula is C19H24N4O3S. The number of hydrogen-bond donors (Lipinski definition) is 3. The van der Waals surface area contributed by atoms with Crippen LogP contribution in [0.2, 0.25) is 0 Å². The van der Waals surface area contributed by atoms with Crippen LogP contribution < -0.4 is 10.0 Å². The molecule has 4 rings (SSSR count). The number of fused-ring (bicyclic) bond motifs is 2. The Balaban J connectivity index is 1.46. The SMILES string of the molecule is O=C(Nc1c2c(cc3c1CCC3)CCC2)NS(=O)c1ccn(CCCO)n1. The fourth-order valence-electron chi connectivity index (χ4n) is 4.04. The smallest absolute Gasteiger partial charge is 0.331 e. The maximum absolute atomic E-state index is 12.5. The molecule has 2 aliphatic rings. The highest BCUT2D eigenvalue weighted by Crippen LogP contribution is 2.38. The van der Waals surface area contributed by atoms with E-state index in [1.165, 1.54) is 22.3 Å². The molecule has 2 aliphatic carbocycles. The summed E-state index contributed by atoms with van der Waals surface area (Å²) in [5, 5.41) is 16.3. The van der Waals surface area contributed by atoms with Crippen LogP contribution in [0.25, 0.3) is 0 Å². The van der Waals surface area contributed by atoms with Crippen LogP contribution in [0.3, 0.4) is 0 Å². The van der Waals surface area contributed by atoms with Crippen LogP contribution in [0.5, 0.6) is 0 Å². The van der Waals surface area contributed by atoms with Gasteiger partial charge >= 0.3 is 6.03 Å². The molecule has 27 heavy (non-hydrogen) atoms. The Morgan fingerprint density at radius 3 is 2.56 bits per heavy atom. The summed E-state index contributed by atoms with van der Waals surface area (Å²) in [6, 6.07) is 3.46. The number of urea groups is 1. The maximum Gasteiger partial charge on any atom is 0.331 e. The summed E-state index contributed by atoms with van der Waals surface area (Å²) in [4.78, 5) is 12.5. The van der Waals surface area contributed by atoms with Crippen molar-refractivity contribution in [2.75, 3.05) is 11.9 Å². The number of anilines is 1. The highest BCUT2D eigenvalue weighted by molar-refractivity contribution is 7.83. The van der Waals surface area contributed by atoms with Crippen molar-refractivity contribution in [3.05, 3.63) is 40.6 Å². The van der Waals surface area contributed by atoms with Crippen molar-refractivity contribution < 1.29 is 14.1 Å². The number of benzene rings is 1. The summed E-state index contributed by atoms with van der Waals surface area (Å²) in [6.07, 6.45) is 8.60. The maximum atomic E-state index is 12.5. The minimum atomic E-state index is -1.72. The van der Waals surface area contributed by atoms with Crippen molar-refractivity contribution in [2.45, 2.75) is 56.5 Å². The van der Waals surface area contributed by atoms with Gasteiger partial charge in [0, 0.05) is 25.0 Å². The molecule has 1 heterocycles. The molecule has 7 nitrogen and oxygen atoms in total. The van der Waals surface area contributed by atoms with Crippen molar-refractivity contribution in [3.8, 4) is 0 Å². The second kappa shape index (κ2) is 7.82. The Morgan fingerprint density at radius 1 is 1.19 bits per heavy atom. The summed E-state index contributed by atoms with van der Waals surface area (Å²) < 4.78 is 16.5. The van der Waals surface area contributed by atoms with Crippen LogP contribution in [-0.4, -0.2) is 31.7 Å². The molecule has 0 spiro atoms. The van der Waals surface area contributed by atoms with Gasteiger partial charge in [0.05, 0.1) is 0 Å². The Kier molecular flexibility index (Phi) is 5.27. The second-order valence-corrected chi connectivity index (χ2v) is 8.21. The normalized spacial score (nSPS) is 16.0. The van der Waals surface area contributed by atoms with Crippen molar-refractivity contribution in [1.29, 1.82) is 0 Å². The number of aliphatic hydroxyl groups is 1. The number of aliphatic hydroxyl groups excluding tert-OH is 1. The number of amides is 2. The number of carbonyl (C=O) groups is 1. The van der Waals surface area contributed by atoms with Gasteiger partial charge in [-0.15, -0.1) is 0 Å². The largest absolute Gasteiger partial charge is 0.396 e. The van der Waals surface area contributed by atoms with Crippen LogP contribution in [-0.2, 0) is 43.2 Å². The molecule has 0 aliphatic heterocycles. The lowest BCUT2D eigenvalue weighted by atomic mass is 9.99. The van der Waals surface area contributed by atoms with Crippen LogP contribution in [0.1, 0.15) is 41.5 Å². The van der Waals surface area contributed by atoms with Crippen LogP contribution in [0, 0.1) is 0 Å². The average molecular weight is 388 g/mol. The zero-order chi connectivity index (χ0) is 18.8. The molecule has 1 aromatic heterocycles. The summed E-state index contributed by atoms with van der Waals surface area (Å²) in [5.74, 6) is 0. The van der Waals surface area contributed by atoms with E-state index in [0.717, 1.165) is 44.2 Å². The van der Waals surface area contributed by atoms with E-state index < -0.39 is 17.0 Å². The van der Waals surface area contributed by atoms with Gasteiger partial charge in [-0.2, -0.15) is 5.10 Å². The zero-order valence-corrected chi connectivity index (χ0v) is 16.0. The third kappa shape index (κ3) is 3.77. The minimum Gasteiger partial charge on any atom is -0.396 e. The standard InChI is InChI=1S/C19H24N4O3S/c24-11-3-9-23-10-8-17(21-23)27(26)22-19(25)20-18-15-6-1-4-13(15)12-14-5-2-7-16(14)18/h8,10,12,24H,1-7,9,11H2,(H2,20,22,25). The number of aryl methyl sites for hydroxylation is 3. The predicted molar refractivity (Wildman–Crippen MR) is 103 cm³/mol. The van der Waals surface area contributed by atoms with Crippen LogP contribution >= 0.6 is 0 Å². The third-order valence-electron chi connectivity index (χ3n) is 5.25. The number of carbonyl (C=O) groups excluding carboxylic acids is 1. The molecule has 3 N–H and O–H groups in total. The first-order valence-electron chi connectivity index (χ1n) is 9.46. The first-order chi connectivity index (χ1) is 13.2. The molecule has 0 saturated carbocycles. The van der Waals surface area contributed by atoms with Crippen LogP contribution in [0.15, 0.2) is 23.4 Å². The molecule has 2 amide bonds. The number of hydrogen-bond acceptors (Lipinski definition) is 4. The molecule has 1 unspecified atom stereocenters. The summed E-state index contributed by atoms with van der Waals surface area (Å²) >= 11 is 0. The number of aromatic nitrogens is 2. The molecule has 1 aromatic carbocycles. The van der Waals surface area contributed by atoms with E-state index in [1.807, 2.05) is 0 Å². The molecule has 1 atom stereocenters. The van der Waals surface area contributed by atoms with E-state index in [-0.39, 0.29) is 6.61 Å². The number of nitrogens with one attached hydrogen (secondary N) is 2. The summed E-state index contributed by atoms with van der Waals surface area (Å²) in [7, 11) is -1.72. The van der Waals surface area contributed by atoms with Gasteiger partial charge in [-0.25, -0.2) is 9.00 Å². The van der Waals surface area contributed by atoms with E-state index in [0.29, 0.717) is 18.0 Å². The van der Waals surface area contributed by atoms with Crippen molar-refractivity contribution in [2.24, 2.45) is 0 Å². The highest BCUT2D eigenvalue weighted by Gasteiger charge is 2.25. The zero-order valence-electron chi connectivity index (χ0n) is 15.2. The Bertz CT molecular complexity index is 861. The topological polar surface area (TPSA) is 96.2 Å². The van der Waals surface area contributed by atoms with Crippen molar-refractivity contribution in [1.82, 2.24) is 14.5 Å². The predicted octanol–water partition coefficient (Wildman–Crippen LogP) is 2.09. The molecule has 144 valence electrons. The van der Waals surface area contributed by atoms with E-state index in [9.17, 15) is 9.00 Å². The Morgan fingerprint density at radius 2 is 1.89 bits per heavy atom. The van der Waals surface area contributed by atoms with Gasteiger partial charge in [0.25, 0.3) is 0 Å². The number of nitrogens with zero attached hydrogens (tertiary/aromatic N) is 2. The van der Waals surface area contributed by atoms with Crippen LogP contribution in [0.4, 0.5) is 10.5 Å². The lowest BCUT2D eigenvalue weighted by molar-refractivity contribution is 0.257. The van der Waals surface area contributed by atoms with Crippen molar-refractivity contribution in [3.63, 3.8) is 0 Å². The molecule has 8 heteroatoms. The van der Waals surface area contributed by atoms with Gasteiger partial charge in [-0.05, 0) is 73.3 Å². The van der Waals surface area contributed by atoms with Crippen molar-refractivity contribution >= 4 is 22.7 Å². The monoisotopic (exact) mass is 388 g/mol. The van der Waals surface area contributed by atoms with Gasteiger partial charge in [-0.3, -0.25) is 9.40 Å². The van der Waals surface area contributed by atoms with Gasteiger partial charge in [0.1, 0.15) is 0 Å². The minimum absolute atomic E-state index is 0.0741.